The maximum atomic E-state index is 15.8. The molecule has 1 heterocycles. The lowest BCUT2D eigenvalue weighted by molar-refractivity contribution is -0.137. The highest BCUT2D eigenvalue weighted by Gasteiger charge is 2.35. The molecule has 7 aromatic rings. The Bertz CT molecular complexity index is 2360. The lowest BCUT2D eigenvalue weighted by Gasteiger charge is -2.25. The van der Waals surface area contributed by atoms with E-state index in [4.69, 9.17) is 9.15 Å². The second-order valence-corrected chi connectivity index (χ2v) is 14.2. The van der Waals surface area contributed by atoms with Gasteiger partial charge in [-0.2, -0.15) is 13.2 Å². The van der Waals surface area contributed by atoms with Crippen LogP contribution < -0.4 is 26.3 Å². The zero-order valence-electron chi connectivity index (χ0n) is 26.1. The second-order valence-electron chi connectivity index (χ2n) is 11.4. The van der Waals surface area contributed by atoms with Crippen molar-refractivity contribution in [1.82, 2.24) is 0 Å². The van der Waals surface area contributed by atoms with Gasteiger partial charge in [-0.05, 0) is 34.5 Å². The molecule has 0 unspecified atom stereocenters. The minimum absolute atomic E-state index is 0.0336. The molecule has 49 heavy (non-hydrogen) atoms. The van der Waals surface area contributed by atoms with Crippen LogP contribution in [0.25, 0.3) is 44.3 Å². The van der Waals surface area contributed by atoms with Crippen LogP contribution in [0.3, 0.4) is 0 Å². The Morgan fingerprint density at radius 1 is 0.633 bits per heavy atom. The predicted octanol–water partition coefficient (Wildman–Crippen LogP) is 9.46. The SMILES string of the molecule is COc1ccc2ccccc2c1-c1cc(=O)oc(-c2ccc(C(F)(F)F)cc2)c1-c1ccccc1P(=O)(c1ccccc1)c1ccccc1. The Balaban J connectivity index is 1.64. The first kappa shape index (κ1) is 31.9. The molecule has 0 saturated carbocycles. The van der Waals surface area contributed by atoms with Gasteiger partial charge in [0.1, 0.15) is 11.5 Å². The number of hydrogen-bond acceptors (Lipinski definition) is 4. The van der Waals surface area contributed by atoms with E-state index in [9.17, 15) is 18.0 Å². The summed E-state index contributed by atoms with van der Waals surface area (Å²) in [5.41, 5.74) is 0.560. The zero-order chi connectivity index (χ0) is 34.2. The lowest BCUT2D eigenvalue weighted by Crippen LogP contribution is -2.26. The van der Waals surface area contributed by atoms with E-state index in [1.807, 2.05) is 91.0 Å². The summed E-state index contributed by atoms with van der Waals surface area (Å²) in [6, 6.07) is 42.7. The molecule has 0 bridgehead atoms. The maximum absolute atomic E-state index is 15.8. The van der Waals surface area contributed by atoms with Crippen molar-refractivity contribution in [3.63, 3.8) is 0 Å². The van der Waals surface area contributed by atoms with Gasteiger partial charge in [-0.3, -0.25) is 0 Å². The fourth-order valence-corrected chi connectivity index (χ4v) is 9.19. The van der Waals surface area contributed by atoms with Gasteiger partial charge in [0, 0.05) is 44.2 Å². The molecule has 242 valence electrons. The van der Waals surface area contributed by atoms with E-state index in [0.29, 0.717) is 43.9 Å². The number of methoxy groups -OCH3 is 1. The Morgan fingerprint density at radius 3 is 1.86 bits per heavy atom. The van der Waals surface area contributed by atoms with Gasteiger partial charge in [-0.15, -0.1) is 0 Å². The van der Waals surface area contributed by atoms with Gasteiger partial charge < -0.3 is 13.7 Å². The summed E-state index contributed by atoms with van der Waals surface area (Å²) in [5, 5.41) is 3.30. The van der Waals surface area contributed by atoms with Crippen LogP contribution in [0.2, 0.25) is 0 Å². The molecule has 0 aliphatic heterocycles. The normalized spacial score (nSPS) is 11.8. The molecule has 8 heteroatoms. The van der Waals surface area contributed by atoms with Crippen molar-refractivity contribution < 1.29 is 26.9 Å². The molecule has 0 radical (unpaired) electrons. The first-order valence-corrected chi connectivity index (χ1v) is 17.1. The average Bonchev–Trinajstić information content (AvgIpc) is 3.14. The fraction of sp³-hybridized carbons (Fsp3) is 0.0488. The number of alkyl halides is 3. The Morgan fingerprint density at radius 2 is 1.22 bits per heavy atom. The largest absolute Gasteiger partial charge is 0.496 e. The van der Waals surface area contributed by atoms with Crippen molar-refractivity contribution in [3.05, 3.63) is 168 Å². The molecule has 0 aliphatic carbocycles. The van der Waals surface area contributed by atoms with Crippen LogP contribution in [0.15, 0.2) is 161 Å². The quantitative estimate of drug-likeness (QED) is 0.158. The van der Waals surface area contributed by atoms with Crippen molar-refractivity contribution >= 4 is 33.8 Å². The van der Waals surface area contributed by atoms with E-state index >= 15 is 4.57 Å². The number of hydrogen-bond donors (Lipinski definition) is 0. The Labute approximate surface area is 280 Å². The lowest BCUT2D eigenvalue weighted by atomic mass is 9.89. The smallest absolute Gasteiger partial charge is 0.416 e. The van der Waals surface area contributed by atoms with Crippen LogP contribution in [0.5, 0.6) is 5.75 Å². The van der Waals surface area contributed by atoms with Gasteiger partial charge in [-0.25, -0.2) is 4.79 Å². The molecule has 4 nitrogen and oxygen atoms in total. The highest BCUT2D eigenvalue weighted by Crippen LogP contribution is 2.50. The Hall–Kier alpha value is -5.65. The highest BCUT2D eigenvalue weighted by atomic mass is 31.2. The van der Waals surface area contributed by atoms with E-state index in [0.717, 1.165) is 22.9 Å². The first-order chi connectivity index (χ1) is 23.7. The molecular formula is C41H28F3O4P. The fourth-order valence-electron chi connectivity index (χ4n) is 6.33. The molecule has 0 N–H and O–H groups in total. The van der Waals surface area contributed by atoms with Crippen LogP contribution in [0, 0.1) is 0 Å². The number of fused-ring (bicyclic) bond motifs is 1. The minimum atomic E-state index is -4.56. The van der Waals surface area contributed by atoms with E-state index in [-0.39, 0.29) is 11.3 Å². The third-order valence-corrected chi connectivity index (χ3v) is 11.7. The zero-order valence-corrected chi connectivity index (χ0v) is 27.0. The van der Waals surface area contributed by atoms with Crippen LogP contribution in [-0.2, 0) is 10.7 Å². The summed E-state index contributed by atoms with van der Waals surface area (Å²) in [7, 11) is -2.08. The van der Waals surface area contributed by atoms with Gasteiger partial charge in [0.05, 0.1) is 12.7 Å². The van der Waals surface area contributed by atoms with Crippen molar-refractivity contribution in [2.24, 2.45) is 0 Å². The van der Waals surface area contributed by atoms with Crippen molar-refractivity contribution in [3.8, 4) is 39.3 Å². The number of rotatable bonds is 7. The van der Waals surface area contributed by atoms with Crippen LogP contribution in [0.4, 0.5) is 13.2 Å². The molecule has 0 saturated heterocycles. The van der Waals surface area contributed by atoms with Crippen LogP contribution in [-0.4, -0.2) is 7.11 Å². The predicted molar refractivity (Wildman–Crippen MR) is 190 cm³/mol. The molecule has 0 fully saturated rings. The standard InChI is InChI=1S/C41H28F3O4P/c1-47-35-25-22-27-12-8-9-17-32(27)38(35)34-26-37(45)48-40(28-20-23-29(24-21-28)41(42,43)44)39(34)33-18-10-11-19-36(33)49(46,30-13-4-2-5-14-30)31-15-6-3-7-16-31/h2-26H,1H3. The van der Waals surface area contributed by atoms with Crippen molar-refractivity contribution in [1.29, 1.82) is 0 Å². The third-order valence-electron chi connectivity index (χ3n) is 8.57. The molecule has 1 aromatic heterocycles. The van der Waals surface area contributed by atoms with E-state index in [1.165, 1.54) is 25.3 Å². The maximum Gasteiger partial charge on any atom is 0.416 e. The molecule has 0 spiro atoms. The molecule has 0 amide bonds. The molecule has 0 aliphatic rings. The summed E-state index contributed by atoms with van der Waals surface area (Å²) in [6.07, 6.45) is -4.56. The summed E-state index contributed by atoms with van der Waals surface area (Å²) in [6.45, 7) is 0. The first-order valence-electron chi connectivity index (χ1n) is 15.4. The molecular weight excluding hydrogens is 644 g/mol. The van der Waals surface area contributed by atoms with Crippen molar-refractivity contribution in [2.75, 3.05) is 7.11 Å². The average molecular weight is 673 g/mol. The van der Waals surface area contributed by atoms with E-state index in [2.05, 4.69) is 0 Å². The number of halogens is 3. The summed E-state index contributed by atoms with van der Waals surface area (Å²) in [5.74, 6) is 0.502. The van der Waals surface area contributed by atoms with E-state index in [1.54, 1.807) is 30.3 Å². The van der Waals surface area contributed by atoms with Gasteiger partial charge in [-0.1, -0.05) is 127 Å². The third kappa shape index (κ3) is 5.77. The number of ether oxygens (including phenoxy) is 1. The summed E-state index contributed by atoms with van der Waals surface area (Å²) in [4.78, 5) is 13.5. The second kappa shape index (κ2) is 12.8. The number of benzene rings is 6. The highest BCUT2D eigenvalue weighted by molar-refractivity contribution is 7.85. The summed E-state index contributed by atoms with van der Waals surface area (Å²) >= 11 is 0. The van der Waals surface area contributed by atoms with Crippen molar-refractivity contribution in [2.45, 2.75) is 6.18 Å². The van der Waals surface area contributed by atoms with Gasteiger partial charge in [0.2, 0.25) is 0 Å². The van der Waals surface area contributed by atoms with Crippen LogP contribution in [0.1, 0.15) is 5.56 Å². The topological polar surface area (TPSA) is 56.5 Å². The summed E-state index contributed by atoms with van der Waals surface area (Å²) < 4.78 is 68.5. The minimum Gasteiger partial charge on any atom is -0.496 e. The van der Waals surface area contributed by atoms with E-state index < -0.39 is 24.5 Å². The van der Waals surface area contributed by atoms with Crippen LogP contribution >= 0.6 is 7.14 Å². The van der Waals surface area contributed by atoms with Gasteiger partial charge >= 0.3 is 11.8 Å². The van der Waals surface area contributed by atoms with Gasteiger partial charge in [0.25, 0.3) is 0 Å². The molecule has 7 rings (SSSR count). The van der Waals surface area contributed by atoms with Gasteiger partial charge in [0.15, 0.2) is 7.14 Å². The monoisotopic (exact) mass is 672 g/mol. The Kier molecular flexibility index (Phi) is 8.31. The molecule has 6 aromatic carbocycles. The molecule has 0 atom stereocenters.